The maximum atomic E-state index is 13.3. The minimum absolute atomic E-state index is 0.108. The van der Waals surface area contributed by atoms with E-state index in [-0.39, 0.29) is 28.4 Å². The Balaban J connectivity index is 1.67. The zero-order valence-corrected chi connectivity index (χ0v) is 12.3. The lowest BCUT2D eigenvalue weighted by Gasteiger charge is -2.39. The van der Waals surface area contributed by atoms with Crippen LogP contribution in [0.15, 0.2) is 24.5 Å². The number of carboxylic acids is 1. The first-order valence-electron chi connectivity index (χ1n) is 6.56. The maximum absolute atomic E-state index is 13.3. The number of halogens is 3. The molecule has 0 bridgehead atoms. The van der Waals surface area contributed by atoms with Crippen LogP contribution in [0.2, 0.25) is 5.02 Å². The van der Waals surface area contributed by atoms with Crippen LogP contribution in [-0.4, -0.2) is 40.2 Å². The lowest BCUT2D eigenvalue weighted by atomic mass is 10.1. The molecule has 9 heteroatoms. The highest BCUT2D eigenvalue weighted by atomic mass is 35.5. The van der Waals surface area contributed by atoms with E-state index in [9.17, 15) is 13.6 Å². The van der Waals surface area contributed by atoms with Gasteiger partial charge in [0.25, 0.3) is 0 Å². The highest BCUT2D eigenvalue weighted by molar-refractivity contribution is 6.30. The summed E-state index contributed by atoms with van der Waals surface area (Å²) in [4.78, 5) is 20.5. The highest BCUT2D eigenvalue weighted by Crippen LogP contribution is 2.28. The predicted molar refractivity (Wildman–Crippen MR) is 77.0 cm³/mol. The number of anilines is 1. The Morgan fingerprint density at radius 1 is 1.30 bits per heavy atom. The third kappa shape index (κ3) is 3.02. The van der Waals surface area contributed by atoms with Gasteiger partial charge in [-0.05, 0) is 0 Å². The molecule has 0 radical (unpaired) electrons. The summed E-state index contributed by atoms with van der Waals surface area (Å²) in [5, 5.41) is 8.71. The van der Waals surface area contributed by atoms with Gasteiger partial charge in [-0.25, -0.2) is 23.5 Å². The third-order valence-electron chi connectivity index (χ3n) is 3.29. The number of nitrogens with zero attached hydrogens (tertiary/aromatic N) is 3. The van der Waals surface area contributed by atoms with Crippen LogP contribution in [0.5, 0.6) is 5.75 Å². The van der Waals surface area contributed by atoms with Gasteiger partial charge in [0.2, 0.25) is 0 Å². The molecule has 2 heterocycles. The van der Waals surface area contributed by atoms with Crippen LogP contribution in [-0.2, 0) is 0 Å². The van der Waals surface area contributed by atoms with Crippen LogP contribution < -0.4 is 9.64 Å². The third-order valence-corrected chi connectivity index (χ3v) is 3.56. The Hall–Kier alpha value is -2.48. The molecule has 0 unspecified atom stereocenters. The Bertz CT molecular complexity index is 746. The van der Waals surface area contributed by atoms with E-state index in [2.05, 4.69) is 9.97 Å². The zero-order chi connectivity index (χ0) is 16.6. The van der Waals surface area contributed by atoms with Crippen molar-refractivity contribution in [2.24, 2.45) is 0 Å². The number of hydrogen-bond acceptors (Lipinski definition) is 5. The molecule has 0 amide bonds. The van der Waals surface area contributed by atoms with Crippen LogP contribution >= 0.6 is 11.6 Å². The fraction of sp³-hybridized carbons (Fsp3) is 0.214. The lowest BCUT2D eigenvalue weighted by molar-refractivity contribution is 0.0689. The van der Waals surface area contributed by atoms with Crippen LogP contribution in [0.4, 0.5) is 14.6 Å². The smallest absolute Gasteiger partial charge is 0.358 e. The summed E-state index contributed by atoms with van der Waals surface area (Å²) in [5.41, 5.74) is -0.151. The number of aromatic nitrogens is 2. The predicted octanol–water partition coefficient (Wildman–Crippen LogP) is 2.37. The molecule has 0 atom stereocenters. The van der Waals surface area contributed by atoms with Crippen molar-refractivity contribution in [1.82, 2.24) is 9.97 Å². The van der Waals surface area contributed by atoms with Crippen LogP contribution in [0, 0.1) is 11.6 Å². The molecule has 23 heavy (non-hydrogen) atoms. The summed E-state index contributed by atoms with van der Waals surface area (Å²) >= 11 is 5.55. The fourth-order valence-corrected chi connectivity index (χ4v) is 2.39. The first-order chi connectivity index (χ1) is 11.0. The molecule has 1 fully saturated rings. The van der Waals surface area contributed by atoms with Crippen molar-refractivity contribution in [3.05, 3.63) is 46.9 Å². The number of hydrogen-bond donors (Lipinski definition) is 1. The first-order valence-corrected chi connectivity index (χ1v) is 6.94. The van der Waals surface area contributed by atoms with E-state index >= 15 is 0 Å². The minimum Gasteiger partial charge on any atom is -0.487 e. The van der Waals surface area contributed by atoms with Gasteiger partial charge in [-0.15, -0.1) is 0 Å². The van der Waals surface area contributed by atoms with Gasteiger partial charge in [0.1, 0.15) is 11.9 Å². The van der Waals surface area contributed by atoms with Crippen molar-refractivity contribution in [2.75, 3.05) is 18.0 Å². The second-order valence-corrected chi connectivity index (χ2v) is 5.29. The molecule has 1 saturated heterocycles. The molecule has 0 aliphatic carbocycles. The molecule has 1 aromatic heterocycles. The van der Waals surface area contributed by atoms with Gasteiger partial charge in [0, 0.05) is 24.5 Å². The molecule has 2 aromatic rings. The second kappa shape index (κ2) is 5.96. The van der Waals surface area contributed by atoms with E-state index in [0.717, 1.165) is 6.07 Å². The van der Waals surface area contributed by atoms with Gasteiger partial charge in [-0.3, -0.25) is 0 Å². The van der Waals surface area contributed by atoms with E-state index in [1.807, 2.05) is 0 Å². The topological polar surface area (TPSA) is 75.5 Å². The summed E-state index contributed by atoms with van der Waals surface area (Å²) in [6.07, 6.45) is 2.37. The van der Waals surface area contributed by atoms with Gasteiger partial charge < -0.3 is 14.7 Å². The van der Waals surface area contributed by atoms with Crippen molar-refractivity contribution < 1.29 is 23.4 Å². The summed E-state index contributed by atoms with van der Waals surface area (Å²) in [6.45, 7) is 0.686. The Morgan fingerprint density at radius 3 is 2.65 bits per heavy atom. The lowest BCUT2D eigenvalue weighted by Crippen LogP contribution is -2.54. The largest absolute Gasteiger partial charge is 0.487 e. The zero-order valence-electron chi connectivity index (χ0n) is 11.5. The molecular weight excluding hydrogens is 332 g/mol. The van der Waals surface area contributed by atoms with Gasteiger partial charge in [-0.1, -0.05) is 11.6 Å². The Kier molecular flexibility index (Phi) is 3.99. The molecule has 1 N–H and O–H groups in total. The number of ether oxygens (including phenoxy) is 1. The monoisotopic (exact) mass is 341 g/mol. The average Bonchev–Trinajstić information content (AvgIpc) is 2.48. The first kappa shape index (κ1) is 15.4. The molecule has 1 aliphatic rings. The quantitative estimate of drug-likeness (QED) is 0.860. The van der Waals surface area contributed by atoms with Gasteiger partial charge in [0.15, 0.2) is 23.1 Å². The highest BCUT2D eigenvalue weighted by Gasteiger charge is 2.33. The van der Waals surface area contributed by atoms with E-state index in [0.29, 0.717) is 13.1 Å². The van der Waals surface area contributed by atoms with Gasteiger partial charge in [-0.2, -0.15) is 0 Å². The minimum atomic E-state index is -1.18. The standard InChI is InChI=1S/C14H10ClF2N3O3/c15-9-3-7(4-10(16)11(9)17)23-8-5-20(6-8)13-12(14(21)22)18-1-2-19-13/h1-4,8H,5-6H2,(H,21,22). The average molecular weight is 342 g/mol. The Labute approximate surface area is 134 Å². The van der Waals surface area contributed by atoms with Crippen LogP contribution in [0.3, 0.4) is 0 Å². The van der Waals surface area contributed by atoms with Gasteiger partial charge >= 0.3 is 5.97 Å². The van der Waals surface area contributed by atoms with Crippen molar-refractivity contribution in [3.63, 3.8) is 0 Å². The molecule has 3 rings (SSSR count). The molecule has 0 saturated carbocycles. The summed E-state index contributed by atoms with van der Waals surface area (Å²) in [6, 6.07) is 2.10. The molecular formula is C14H10ClF2N3O3. The summed E-state index contributed by atoms with van der Waals surface area (Å²) in [5.74, 6) is -3.05. The van der Waals surface area contributed by atoms with Crippen molar-refractivity contribution in [2.45, 2.75) is 6.10 Å². The van der Waals surface area contributed by atoms with Gasteiger partial charge in [0.05, 0.1) is 18.1 Å². The number of carboxylic acid groups (broad SMARTS) is 1. The molecule has 6 nitrogen and oxygen atoms in total. The van der Waals surface area contributed by atoms with Crippen molar-refractivity contribution >= 4 is 23.4 Å². The van der Waals surface area contributed by atoms with E-state index < -0.39 is 17.6 Å². The molecule has 1 aromatic carbocycles. The number of aromatic carboxylic acids is 1. The Morgan fingerprint density at radius 2 is 2.00 bits per heavy atom. The number of rotatable bonds is 4. The number of carbonyl (C=O) groups is 1. The summed E-state index contributed by atoms with van der Waals surface area (Å²) in [7, 11) is 0. The molecule has 120 valence electrons. The number of benzene rings is 1. The van der Waals surface area contributed by atoms with Crippen molar-refractivity contribution in [3.8, 4) is 5.75 Å². The fourth-order valence-electron chi connectivity index (χ4n) is 2.19. The van der Waals surface area contributed by atoms with Crippen molar-refractivity contribution in [1.29, 1.82) is 0 Å². The normalized spacial score (nSPS) is 14.5. The molecule has 1 aliphatic heterocycles. The SMILES string of the molecule is O=C(O)c1nccnc1N1CC(Oc2cc(F)c(F)c(Cl)c2)C1. The van der Waals surface area contributed by atoms with E-state index in [1.54, 1.807) is 4.90 Å². The van der Waals surface area contributed by atoms with Crippen LogP contribution in [0.1, 0.15) is 10.5 Å². The summed E-state index contributed by atoms with van der Waals surface area (Å²) < 4.78 is 31.9. The van der Waals surface area contributed by atoms with E-state index in [4.69, 9.17) is 21.4 Å². The molecule has 0 spiro atoms. The second-order valence-electron chi connectivity index (χ2n) is 4.88. The van der Waals surface area contributed by atoms with Crippen LogP contribution in [0.25, 0.3) is 0 Å². The maximum Gasteiger partial charge on any atom is 0.358 e. The van der Waals surface area contributed by atoms with E-state index in [1.165, 1.54) is 18.5 Å².